The van der Waals surface area contributed by atoms with Gasteiger partial charge in [-0.05, 0) is 63.0 Å². The van der Waals surface area contributed by atoms with Crippen LogP contribution in [0.25, 0.3) is 99.8 Å². The minimum Gasteiger partial charge on any atom is -0.454 e. The number of hydrogen-bond acceptors (Lipinski definition) is 5. The van der Waals surface area contributed by atoms with E-state index in [1.54, 1.807) is 0 Å². The van der Waals surface area contributed by atoms with Crippen LogP contribution in [0.2, 0.25) is 0 Å². The van der Waals surface area contributed by atoms with Crippen LogP contribution in [0.1, 0.15) is 0 Å². The van der Waals surface area contributed by atoms with Crippen LogP contribution >= 0.6 is 0 Å². The smallest absolute Gasteiger partial charge is 0.164 e. The molecule has 10 rings (SSSR count). The normalized spacial score (nSPS) is 11.7. The average molecular weight is 627 g/mol. The van der Waals surface area contributed by atoms with Crippen LogP contribution in [0.4, 0.5) is 0 Å². The molecule has 0 unspecified atom stereocenters. The Kier molecular flexibility index (Phi) is 6.11. The number of furan rings is 1. The molecule has 0 bridgehead atoms. The molecule has 0 N–H and O–H groups in total. The fourth-order valence-corrected chi connectivity index (χ4v) is 6.96. The van der Waals surface area contributed by atoms with Gasteiger partial charge in [-0.3, -0.25) is 0 Å². The van der Waals surface area contributed by atoms with Crippen molar-refractivity contribution >= 4 is 54.5 Å². The van der Waals surface area contributed by atoms with Crippen molar-refractivity contribution in [1.82, 2.24) is 19.9 Å². The summed E-state index contributed by atoms with van der Waals surface area (Å²) in [6, 6.07) is 54.1. The van der Waals surface area contributed by atoms with Gasteiger partial charge in [0.15, 0.2) is 23.1 Å². The second kappa shape index (κ2) is 10.9. The Balaban J connectivity index is 1.19. The maximum Gasteiger partial charge on any atom is 0.164 e. The largest absolute Gasteiger partial charge is 0.454 e. The first-order valence-electron chi connectivity index (χ1n) is 16.3. The number of fused-ring (bicyclic) bond motifs is 6. The Morgan fingerprint density at radius 2 is 1.04 bits per heavy atom. The molecule has 5 heteroatoms. The number of rotatable bonds is 4. The van der Waals surface area contributed by atoms with Crippen LogP contribution in [0, 0.1) is 0 Å². The topological polar surface area (TPSA) is 64.7 Å². The van der Waals surface area contributed by atoms with Gasteiger partial charge in [0, 0.05) is 22.1 Å². The minimum atomic E-state index is 0.625. The summed E-state index contributed by atoms with van der Waals surface area (Å²) < 4.78 is 6.38. The third-order valence-electron chi connectivity index (χ3n) is 9.30. The third kappa shape index (κ3) is 4.55. The van der Waals surface area contributed by atoms with Gasteiger partial charge in [0.1, 0.15) is 11.1 Å². The van der Waals surface area contributed by atoms with E-state index in [2.05, 4.69) is 103 Å². The number of para-hydroxylation sites is 1. The molecule has 0 atom stereocenters. The molecule has 0 aliphatic carbocycles. The summed E-state index contributed by atoms with van der Waals surface area (Å²) in [5.41, 5.74) is 8.38. The maximum atomic E-state index is 6.38. The number of pyridine rings is 1. The highest BCUT2D eigenvalue weighted by atomic mass is 16.3. The summed E-state index contributed by atoms with van der Waals surface area (Å²) in [6.45, 7) is 0. The summed E-state index contributed by atoms with van der Waals surface area (Å²) in [7, 11) is 0. The Morgan fingerprint density at radius 1 is 0.367 bits per heavy atom. The molecule has 0 amide bonds. The molecule has 0 aliphatic heterocycles. The van der Waals surface area contributed by atoms with Crippen LogP contribution in [-0.2, 0) is 0 Å². The zero-order valence-electron chi connectivity index (χ0n) is 26.2. The van der Waals surface area contributed by atoms with Gasteiger partial charge in [0.2, 0.25) is 0 Å². The van der Waals surface area contributed by atoms with E-state index in [1.807, 2.05) is 54.6 Å². The highest BCUT2D eigenvalue weighted by Crippen LogP contribution is 2.41. The molecule has 3 aromatic heterocycles. The Labute approximate surface area is 281 Å². The van der Waals surface area contributed by atoms with E-state index < -0.39 is 0 Å². The first kappa shape index (κ1) is 27.4. The summed E-state index contributed by atoms with van der Waals surface area (Å²) in [4.78, 5) is 20.3. The monoisotopic (exact) mass is 626 g/mol. The van der Waals surface area contributed by atoms with Crippen LogP contribution in [-0.4, -0.2) is 19.9 Å². The van der Waals surface area contributed by atoms with Crippen molar-refractivity contribution in [1.29, 1.82) is 0 Å². The number of hydrogen-bond donors (Lipinski definition) is 0. The van der Waals surface area contributed by atoms with Crippen molar-refractivity contribution in [2.24, 2.45) is 0 Å². The summed E-state index contributed by atoms with van der Waals surface area (Å²) in [5, 5.41) is 6.53. The maximum absolute atomic E-state index is 6.38. The van der Waals surface area contributed by atoms with Crippen molar-refractivity contribution in [3.05, 3.63) is 158 Å². The van der Waals surface area contributed by atoms with Crippen molar-refractivity contribution in [2.45, 2.75) is 0 Å². The molecule has 0 spiro atoms. The molecular weight excluding hydrogens is 601 g/mol. The molecule has 0 saturated carbocycles. The van der Waals surface area contributed by atoms with E-state index in [0.29, 0.717) is 17.5 Å². The van der Waals surface area contributed by atoms with E-state index >= 15 is 0 Å². The molecular formula is C44H26N4O. The average Bonchev–Trinajstić information content (AvgIpc) is 3.54. The number of nitrogens with zero attached hydrogens (tertiary/aromatic N) is 4. The minimum absolute atomic E-state index is 0.625. The fourth-order valence-electron chi connectivity index (χ4n) is 6.96. The Hall–Kier alpha value is -6.72. The SMILES string of the molecule is c1ccc(-c2nc(-c3ccc4ccccc4c3)nc(-c3ccc(-c4cccc5oc6cc7ccccc7nc6c45)c4ccccc34)n2)cc1. The van der Waals surface area contributed by atoms with E-state index in [-0.39, 0.29) is 0 Å². The van der Waals surface area contributed by atoms with Crippen molar-refractivity contribution in [3.8, 4) is 45.3 Å². The highest BCUT2D eigenvalue weighted by Gasteiger charge is 2.19. The predicted octanol–water partition coefficient (Wildman–Crippen LogP) is 11.3. The van der Waals surface area contributed by atoms with Crippen molar-refractivity contribution < 1.29 is 4.42 Å². The highest BCUT2D eigenvalue weighted by molar-refractivity contribution is 6.16. The third-order valence-corrected chi connectivity index (χ3v) is 9.30. The predicted molar refractivity (Wildman–Crippen MR) is 199 cm³/mol. The lowest BCUT2D eigenvalue weighted by atomic mass is 9.92. The van der Waals surface area contributed by atoms with Crippen LogP contribution in [0.3, 0.4) is 0 Å². The molecule has 0 fully saturated rings. The van der Waals surface area contributed by atoms with Crippen LogP contribution < -0.4 is 0 Å². The van der Waals surface area contributed by atoms with Crippen LogP contribution in [0.15, 0.2) is 162 Å². The first-order chi connectivity index (χ1) is 24.3. The fraction of sp³-hybridized carbons (Fsp3) is 0. The molecule has 228 valence electrons. The zero-order valence-corrected chi connectivity index (χ0v) is 26.2. The standard InChI is InChI=1S/C44H26N4O/c1-2-12-28(13-3-1)42-46-43(31-22-21-27-11-4-5-14-29(27)25-31)48-44(47-42)36-24-23-34(32-16-7-8-17-33(32)36)35-18-10-20-38-40(35)41-39(49-38)26-30-15-6-9-19-37(30)45-41/h1-26H. The molecule has 10 aromatic rings. The quantitative estimate of drug-likeness (QED) is 0.194. The lowest BCUT2D eigenvalue weighted by Crippen LogP contribution is -2.00. The Bertz CT molecular complexity index is 2890. The van der Waals surface area contributed by atoms with E-state index in [9.17, 15) is 0 Å². The molecule has 7 aromatic carbocycles. The molecule has 49 heavy (non-hydrogen) atoms. The van der Waals surface area contributed by atoms with Gasteiger partial charge in [-0.15, -0.1) is 0 Å². The molecule has 5 nitrogen and oxygen atoms in total. The lowest BCUT2D eigenvalue weighted by Gasteiger charge is -2.14. The van der Waals surface area contributed by atoms with Crippen molar-refractivity contribution in [2.75, 3.05) is 0 Å². The second-order valence-electron chi connectivity index (χ2n) is 12.2. The van der Waals surface area contributed by atoms with Gasteiger partial charge in [-0.2, -0.15) is 0 Å². The molecule has 0 saturated heterocycles. The number of benzene rings is 7. The van der Waals surface area contributed by atoms with Gasteiger partial charge >= 0.3 is 0 Å². The van der Waals surface area contributed by atoms with Crippen molar-refractivity contribution in [3.63, 3.8) is 0 Å². The van der Waals surface area contributed by atoms with E-state index in [1.165, 1.54) is 5.39 Å². The molecule has 0 aliphatic rings. The Morgan fingerprint density at radius 3 is 1.90 bits per heavy atom. The lowest BCUT2D eigenvalue weighted by molar-refractivity contribution is 0.669. The zero-order chi connectivity index (χ0) is 32.3. The van der Waals surface area contributed by atoms with E-state index in [0.717, 1.165) is 76.9 Å². The number of aromatic nitrogens is 4. The summed E-state index contributed by atoms with van der Waals surface area (Å²) in [6.07, 6.45) is 0. The summed E-state index contributed by atoms with van der Waals surface area (Å²) >= 11 is 0. The van der Waals surface area contributed by atoms with Gasteiger partial charge in [-0.25, -0.2) is 19.9 Å². The second-order valence-corrected chi connectivity index (χ2v) is 12.2. The molecule has 3 heterocycles. The van der Waals surface area contributed by atoms with Crippen LogP contribution in [0.5, 0.6) is 0 Å². The van der Waals surface area contributed by atoms with Gasteiger partial charge < -0.3 is 4.42 Å². The van der Waals surface area contributed by atoms with Gasteiger partial charge in [0.25, 0.3) is 0 Å². The van der Waals surface area contributed by atoms with Gasteiger partial charge in [0.05, 0.1) is 10.9 Å². The van der Waals surface area contributed by atoms with E-state index in [4.69, 9.17) is 24.4 Å². The summed E-state index contributed by atoms with van der Waals surface area (Å²) in [5.74, 6) is 1.89. The molecule has 0 radical (unpaired) electrons. The first-order valence-corrected chi connectivity index (χ1v) is 16.3. The van der Waals surface area contributed by atoms with Gasteiger partial charge in [-0.1, -0.05) is 127 Å².